The summed E-state index contributed by atoms with van der Waals surface area (Å²) < 4.78 is 1.92. The molecule has 2 rings (SSSR count). The van der Waals surface area contributed by atoms with Crippen molar-refractivity contribution < 1.29 is 0 Å². The summed E-state index contributed by atoms with van der Waals surface area (Å²) in [6, 6.07) is 7.22. The van der Waals surface area contributed by atoms with Crippen LogP contribution in [0.5, 0.6) is 0 Å². The lowest BCUT2D eigenvalue weighted by Crippen LogP contribution is -2.21. The molecule has 114 valence electrons. The number of nitrogens with one attached hydrogen (secondary N) is 1. The van der Waals surface area contributed by atoms with E-state index in [1.165, 1.54) is 27.9 Å². The molecule has 0 aliphatic rings. The molecule has 2 aromatic rings. The number of hydrogen-bond acceptors (Lipinski definition) is 2. The molecule has 21 heavy (non-hydrogen) atoms. The lowest BCUT2D eigenvalue weighted by molar-refractivity contribution is 0.589. The number of nitrogens with zero attached hydrogens (tertiary/aromatic N) is 2. The average Bonchev–Trinajstić information content (AvgIpc) is 2.80. The molecule has 3 nitrogen and oxygen atoms in total. The summed E-state index contributed by atoms with van der Waals surface area (Å²) >= 11 is 0. The van der Waals surface area contributed by atoms with E-state index in [0.29, 0.717) is 12.0 Å². The minimum Gasteiger partial charge on any atom is -0.310 e. The Balaban J connectivity index is 2.41. The van der Waals surface area contributed by atoms with Crippen LogP contribution in [0.15, 0.2) is 24.4 Å². The molecule has 0 saturated carbocycles. The first-order valence-electron chi connectivity index (χ1n) is 7.75. The fourth-order valence-electron chi connectivity index (χ4n) is 2.53. The Kier molecular flexibility index (Phi) is 4.84. The first-order valence-corrected chi connectivity index (χ1v) is 7.75. The van der Waals surface area contributed by atoms with E-state index in [-0.39, 0.29) is 0 Å². The molecule has 0 atom stereocenters. The van der Waals surface area contributed by atoms with Gasteiger partial charge in [-0.2, -0.15) is 5.10 Å². The van der Waals surface area contributed by atoms with Crippen molar-refractivity contribution in [2.45, 2.75) is 53.1 Å². The van der Waals surface area contributed by atoms with Crippen LogP contribution in [0.3, 0.4) is 0 Å². The highest BCUT2D eigenvalue weighted by Gasteiger charge is 2.15. The van der Waals surface area contributed by atoms with Crippen LogP contribution in [0.2, 0.25) is 0 Å². The van der Waals surface area contributed by atoms with Crippen LogP contribution in [-0.2, 0) is 13.6 Å². The maximum atomic E-state index is 4.63. The van der Waals surface area contributed by atoms with Gasteiger partial charge in [-0.3, -0.25) is 4.68 Å². The summed E-state index contributed by atoms with van der Waals surface area (Å²) in [6.45, 7) is 11.8. The van der Waals surface area contributed by atoms with Gasteiger partial charge in [0.05, 0.1) is 5.69 Å². The van der Waals surface area contributed by atoms with Gasteiger partial charge in [0.1, 0.15) is 0 Å². The molecule has 0 spiro atoms. The van der Waals surface area contributed by atoms with Crippen molar-refractivity contribution in [2.75, 3.05) is 0 Å². The third-order valence-corrected chi connectivity index (χ3v) is 3.71. The van der Waals surface area contributed by atoms with E-state index in [4.69, 9.17) is 0 Å². The predicted molar refractivity (Wildman–Crippen MR) is 89.4 cm³/mol. The van der Waals surface area contributed by atoms with Crippen LogP contribution in [0.25, 0.3) is 11.1 Å². The van der Waals surface area contributed by atoms with Gasteiger partial charge in [0.2, 0.25) is 0 Å². The lowest BCUT2D eigenvalue weighted by Gasteiger charge is -2.12. The van der Waals surface area contributed by atoms with Crippen LogP contribution in [0.1, 0.15) is 50.4 Å². The second kappa shape index (κ2) is 6.44. The zero-order valence-corrected chi connectivity index (χ0v) is 14.1. The molecule has 3 heteroatoms. The van der Waals surface area contributed by atoms with Crippen molar-refractivity contribution in [3.63, 3.8) is 0 Å². The minimum absolute atomic E-state index is 0.429. The molecule has 0 unspecified atom stereocenters. The number of aryl methyl sites for hydroxylation is 2. The smallest absolute Gasteiger partial charge is 0.0728 e. The third kappa shape index (κ3) is 3.73. The number of rotatable bonds is 5. The van der Waals surface area contributed by atoms with E-state index >= 15 is 0 Å². The van der Waals surface area contributed by atoms with E-state index in [1.54, 1.807) is 0 Å². The summed E-state index contributed by atoms with van der Waals surface area (Å²) in [4.78, 5) is 0. The second-order valence-electron chi connectivity index (χ2n) is 6.44. The Morgan fingerprint density at radius 2 is 1.86 bits per heavy atom. The Morgan fingerprint density at radius 1 is 1.14 bits per heavy atom. The average molecular weight is 285 g/mol. The van der Waals surface area contributed by atoms with Gasteiger partial charge in [0.25, 0.3) is 0 Å². The van der Waals surface area contributed by atoms with Crippen molar-refractivity contribution in [2.24, 2.45) is 7.05 Å². The van der Waals surface area contributed by atoms with E-state index in [2.05, 4.69) is 69.4 Å². The van der Waals surface area contributed by atoms with Gasteiger partial charge >= 0.3 is 0 Å². The van der Waals surface area contributed by atoms with Crippen molar-refractivity contribution in [3.05, 3.63) is 41.2 Å². The quantitative estimate of drug-likeness (QED) is 0.899. The predicted octanol–water partition coefficient (Wildman–Crippen LogP) is 4.02. The van der Waals surface area contributed by atoms with E-state index in [9.17, 15) is 0 Å². The minimum atomic E-state index is 0.429. The molecule has 0 saturated heterocycles. The molecule has 1 aromatic carbocycles. The van der Waals surface area contributed by atoms with Crippen LogP contribution < -0.4 is 5.32 Å². The maximum absolute atomic E-state index is 4.63. The Hall–Kier alpha value is -1.61. The van der Waals surface area contributed by atoms with Gasteiger partial charge in [-0.05, 0) is 35.6 Å². The largest absolute Gasteiger partial charge is 0.310 e. The first kappa shape index (κ1) is 15.8. The second-order valence-corrected chi connectivity index (χ2v) is 6.44. The SMILES string of the molecule is Cc1ccc(CNC(C)C)cc1-c1cn(C)nc1C(C)C. The summed E-state index contributed by atoms with van der Waals surface area (Å²) in [7, 11) is 1.99. The molecular weight excluding hydrogens is 258 g/mol. The van der Waals surface area contributed by atoms with E-state index < -0.39 is 0 Å². The first-order chi connectivity index (χ1) is 9.88. The Labute approximate surface area is 128 Å². The fraction of sp³-hybridized carbons (Fsp3) is 0.500. The van der Waals surface area contributed by atoms with Gasteiger partial charge in [-0.25, -0.2) is 0 Å². The number of benzene rings is 1. The molecule has 0 aliphatic carbocycles. The third-order valence-electron chi connectivity index (χ3n) is 3.71. The summed E-state index contributed by atoms with van der Waals surface area (Å²) in [5.74, 6) is 0.429. The lowest BCUT2D eigenvalue weighted by atomic mass is 9.95. The number of hydrogen-bond donors (Lipinski definition) is 1. The van der Waals surface area contributed by atoms with E-state index in [0.717, 1.165) is 6.54 Å². The summed E-state index contributed by atoms with van der Waals surface area (Å²) in [5.41, 5.74) is 6.36. The van der Waals surface area contributed by atoms with Gasteiger partial charge in [0, 0.05) is 31.4 Å². The van der Waals surface area contributed by atoms with Crippen molar-refractivity contribution in [1.82, 2.24) is 15.1 Å². The van der Waals surface area contributed by atoms with Crippen LogP contribution in [0, 0.1) is 6.92 Å². The Bertz CT molecular complexity index is 609. The summed E-state index contributed by atoms with van der Waals surface area (Å²) in [6.07, 6.45) is 2.14. The standard InChI is InChI=1S/C18H27N3/c1-12(2)18-17(11-21(6)20-18)16-9-15(8-7-14(16)5)10-19-13(3)4/h7-9,11-13,19H,10H2,1-6H3. The van der Waals surface area contributed by atoms with Crippen LogP contribution >= 0.6 is 0 Å². The van der Waals surface area contributed by atoms with Gasteiger partial charge in [-0.15, -0.1) is 0 Å². The zero-order chi connectivity index (χ0) is 15.6. The topological polar surface area (TPSA) is 29.9 Å². The van der Waals surface area contributed by atoms with Crippen LogP contribution in [0.4, 0.5) is 0 Å². The highest BCUT2D eigenvalue weighted by molar-refractivity contribution is 5.70. The number of aromatic nitrogens is 2. The Morgan fingerprint density at radius 3 is 2.48 bits per heavy atom. The fourth-order valence-corrected chi connectivity index (χ4v) is 2.53. The van der Waals surface area contributed by atoms with Gasteiger partial charge in [0.15, 0.2) is 0 Å². The van der Waals surface area contributed by atoms with Gasteiger partial charge < -0.3 is 5.32 Å². The van der Waals surface area contributed by atoms with Crippen LogP contribution in [-0.4, -0.2) is 15.8 Å². The highest BCUT2D eigenvalue weighted by atomic mass is 15.3. The van der Waals surface area contributed by atoms with Crippen molar-refractivity contribution >= 4 is 0 Å². The van der Waals surface area contributed by atoms with E-state index in [1.807, 2.05) is 11.7 Å². The molecule has 1 aromatic heterocycles. The summed E-state index contributed by atoms with van der Waals surface area (Å²) in [5, 5.41) is 8.11. The molecule has 1 heterocycles. The molecule has 1 N–H and O–H groups in total. The normalized spacial score (nSPS) is 11.6. The molecule has 0 aliphatic heterocycles. The molecule has 0 bridgehead atoms. The monoisotopic (exact) mass is 285 g/mol. The van der Waals surface area contributed by atoms with Gasteiger partial charge in [-0.1, -0.05) is 39.8 Å². The van der Waals surface area contributed by atoms with Crippen molar-refractivity contribution in [1.29, 1.82) is 0 Å². The molecule has 0 fully saturated rings. The maximum Gasteiger partial charge on any atom is 0.0728 e. The molecular formula is C18H27N3. The molecule has 0 amide bonds. The van der Waals surface area contributed by atoms with Crippen molar-refractivity contribution in [3.8, 4) is 11.1 Å². The zero-order valence-electron chi connectivity index (χ0n) is 14.1. The highest BCUT2D eigenvalue weighted by Crippen LogP contribution is 2.31. The molecule has 0 radical (unpaired) electrons.